The highest BCUT2D eigenvalue weighted by Gasteiger charge is 2.14. The van der Waals surface area contributed by atoms with Gasteiger partial charge < -0.3 is 4.74 Å². The maximum absolute atomic E-state index is 5.69. The number of ether oxygens (including phenoxy) is 1. The molecule has 0 unspecified atom stereocenters. The summed E-state index contributed by atoms with van der Waals surface area (Å²) in [5.41, 5.74) is 2.96. The van der Waals surface area contributed by atoms with Gasteiger partial charge in [0, 0.05) is 4.47 Å². The van der Waals surface area contributed by atoms with Gasteiger partial charge in [-0.25, -0.2) is 4.99 Å². The predicted molar refractivity (Wildman–Crippen MR) is 72.3 cm³/mol. The van der Waals surface area contributed by atoms with Crippen LogP contribution >= 0.6 is 15.9 Å². The summed E-state index contributed by atoms with van der Waals surface area (Å²) in [5.74, 6) is 0.841. The minimum Gasteiger partial charge on any atom is -0.485 e. The summed E-state index contributed by atoms with van der Waals surface area (Å²) in [6.45, 7) is 0.526. The first kappa shape index (κ1) is 10.5. The van der Waals surface area contributed by atoms with E-state index in [9.17, 15) is 0 Å². The molecule has 0 bridgehead atoms. The van der Waals surface area contributed by atoms with Crippen molar-refractivity contribution < 1.29 is 4.74 Å². The van der Waals surface area contributed by atoms with Crippen LogP contribution in [0.3, 0.4) is 0 Å². The standard InChI is InChI=1S/C14H10BrNO/c15-11-6-7-14-12(8-11)16-13(9-17-14)10-4-2-1-3-5-10/h1-8H,9H2. The summed E-state index contributed by atoms with van der Waals surface area (Å²) in [4.78, 5) is 4.64. The molecule has 0 fully saturated rings. The molecule has 84 valence electrons. The lowest BCUT2D eigenvalue weighted by Crippen LogP contribution is -2.16. The van der Waals surface area contributed by atoms with Crippen molar-refractivity contribution in [3.63, 3.8) is 0 Å². The molecule has 0 spiro atoms. The van der Waals surface area contributed by atoms with Gasteiger partial charge in [0.2, 0.25) is 0 Å². The average Bonchev–Trinajstić information content (AvgIpc) is 2.39. The van der Waals surface area contributed by atoms with E-state index in [1.165, 1.54) is 0 Å². The molecule has 2 aromatic carbocycles. The molecule has 0 N–H and O–H groups in total. The second-order valence-electron chi connectivity index (χ2n) is 3.83. The fraction of sp³-hybridized carbons (Fsp3) is 0.0714. The minimum absolute atomic E-state index is 0.526. The number of benzene rings is 2. The van der Waals surface area contributed by atoms with E-state index in [0.717, 1.165) is 27.2 Å². The summed E-state index contributed by atoms with van der Waals surface area (Å²) in [7, 11) is 0. The first-order valence-corrected chi connectivity index (χ1v) is 6.17. The fourth-order valence-electron chi connectivity index (χ4n) is 1.80. The van der Waals surface area contributed by atoms with Crippen LogP contribution in [0.15, 0.2) is 58.0 Å². The van der Waals surface area contributed by atoms with Gasteiger partial charge >= 0.3 is 0 Å². The molecule has 0 radical (unpaired) electrons. The normalized spacial score (nSPS) is 13.6. The van der Waals surface area contributed by atoms with Gasteiger partial charge in [-0.3, -0.25) is 0 Å². The minimum atomic E-state index is 0.526. The Bertz CT molecular complexity index is 578. The largest absolute Gasteiger partial charge is 0.485 e. The molecule has 0 aliphatic carbocycles. The van der Waals surface area contributed by atoms with Crippen LogP contribution < -0.4 is 4.74 Å². The molecule has 0 saturated carbocycles. The Morgan fingerprint density at radius 2 is 1.88 bits per heavy atom. The second kappa shape index (κ2) is 4.34. The molecule has 0 atom stereocenters. The van der Waals surface area contributed by atoms with Crippen molar-refractivity contribution in [2.45, 2.75) is 0 Å². The fourth-order valence-corrected chi connectivity index (χ4v) is 2.15. The summed E-state index contributed by atoms with van der Waals surface area (Å²) in [6, 6.07) is 16.0. The molecule has 3 heteroatoms. The highest BCUT2D eigenvalue weighted by Crippen LogP contribution is 2.33. The van der Waals surface area contributed by atoms with Crippen LogP contribution in [0.4, 0.5) is 5.69 Å². The van der Waals surface area contributed by atoms with Crippen molar-refractivity contribution in [3.8, 4) is 5.75 Å². The van der Waals surface area contributed by atoms with Gasteiger partial charge in [-0.1, -0.05) is 46.3 Å². The lowest BCUT2D eigenvalue weighted by molar-refractivity contribution is 0.373. The van der Waals surface area contributed by atoms with Gasteiger partial charge in [0.1, 0.15) is 18.0 Å². The van der Waals surface area contributed by atoms with Gasteiger partial charge in [0.05, 0.1) is 5.71 Å². The zero-order valence-corrected chi connectivity index (χ0v) is 10.6. The van der Waals surface area contributed by atoms with E-state index < -0.39 is 0 Å². The van der Waals surface area contributed by atoms with Crippen LogP contribution in [0, 0.1) is 0 Å². The molecule has 0 aromatic heterocycles. The van der Waals surface area contributed by atoms with Crippen LogP contribution in [0.5, 0.6) is 5.75 Å². The van der Waals surface area contributed by atoms with E-state index in [2.05, 4.69) is 20.9 Å². The average molecular weight is 288 g/mol. The van der Waals surface area contributed by atoms with E-state index in [-0.39, 0.29) is 0 Å². The zero-order chi connectivity index (χ0) is 11.7. The molecule has 2 aromatic rings. The molecule has 2 nitrogen and oxygen atoms in total. The molecule has 1 aliphatic rings. The number of fused-ring (bicyclic) bond motifs is 1. The molecule has 17 heavy (non-hydrogen) atoms. The van der Waals surface area contributed by atoms with E-state index in [1.54, 1.807) is 0 Å². The summed E-state index contributed by atoms with van der Waals surface area (Å²) < 4.78 is 6.71. The van der Waals surface area contributed by atoms with Crippen molar-refractivity contribution in [1.29, 1.82) is 0 Å². The third-order valence-corrected chi connectivity index (χ3v) is 3.14. The molecular weight excluding hydrogens is 278 g/mol. The van der Waals surface area contributed by atoms with Crippen LogP contribution in [0.2, 0.25) is 0 Å². The monoisotopic (exact) mass is 287 g/mol. The first-order chi connectivity index (χ1) is 8.33. The molecule has 0 saturated heterocycles. The summed E-state index contributed by atoms with van der Waals surface area (Å²) in [5, 5.41) is 0. The van der Waals surface area contributed by atoms with Crippen molar-refractivity contribution in [1.82, 2.24) is 0 Å². The Morgan fingerprint density at radius 1 is 1.06 bits per heavy atom. The first-order valence-electron chi connectivity index (χ1n) is 5.38. The highest BCUT2D eigenvalue weighted by atomic mass is 79.9. The molecule has 1 heterocycles. The summed E-state index contributed by atoms with van der Waals surface area (Å²) >= 11 is 3.44. The maximum Gasteiger partial charge on any atom is 0.145 e. The SMILES string of the molecule is Brc1ccc2c(c1)N=C(c1ccccc1)CO2. The topological polar surface area (TPSA) is 21.6 Å². The quantitative estimate of drug-likeness (QED) is 0.778. The number of aliphatic imine (C=N–C) groups is 1. The van der Waals surface area contributed by atoms with E-state index in [0.29, 0.717) is 6.61 Å². The highest BCUT2D eigenvalue weighted by molar-refractivity contribution is 9.10. The van der Waals surface area contributed by atoms with Crippen molar-refractivity contribution >= 4 is 27.3 Å². The lowest BCUT2D eigenvalue weighted by Gasteiger charge is -2.17. The van der Waals surface area contributed by atoms with Gasteiger partial charge in [-0.2, -0.15) is 0 Å². The lowest BCUT2D eigenvalue weighted by atomic mass is 10.1. The van der Waals surface area contributed by atoms with Crippen LogP contribution in [-0.4, -0.2) is 12.3 Å². The van der Waals surface area contributed by atoms with E-state index >= 15 is 0 Å². The van der Waals surface area contributed by atoms with Crippen LogP contribution in [0.1, 0.15) is 5.56 Å². The zero-order valence-electron chi connectivity index (χ0n) is 9.06. The smallest absolute Gasteiger partial charge is 0.145 e. The number of hydrogen-bond acceptors (Lipinski definition) is 2. The van der Waals surface area contributed by atoms with Gasteiger partial charge in [0.15, 0.2) is 0 Å². The number of nitrogens with zero attached hydrogens (tertiary/aromatic N) is 1. The van der Waals surface area contributed by atoms with Crippen molar-refractivity contribution in [2.24, 2.45) is 4.99 Å². The molecule has 1 aliphatic heterocycles. The number of hydrogen-bond donors (Lipinski definition) is 0. The van der Waals surface area contributed by atoms with E-state index in [1.807, 2.05) is 48.5 Å². The van der Waals surface area contributed by atoms with E-state index in [4.69, 9.17) is 4.74 Å². The Balaban J connectivity index is 2.05. The summed E-state index contributed by atoms with van der Waals surface area (Å²) in [6.07, 6.45) is 0. The van der Waals surface area contributed by atoms with Crippen molar-refractivity contribution in [2.75, 3.05) is 6.61 Å². The Morgan fingerprint density at radius 3 is 2.71 bits per heavy atom. The molecular formula is C14H10BrNO. The van der Waals surface area contributed by atoms with Crippen molar-refractivity contribution in [3.05, 3.63) is 58.6 Å². The van der Waals surface area contributed by atoms with Gasteiger partial charge in [-0.05, 0) is 23.8 Å². The molecule has 0 amide bonds. The Labute approximate surface area is 108 Å². The Hall–Kier alpha value is -1.61. The van der Waals surface area contributed by atoms with Gasteiger partial charge in [-0.15, -0.1) is 0 Å². The van der Waals surface area contributed by atoms with Gasteiger partial charge in [0.25, 0.3) is 0 Å². The maximum atomic E-state index is 5.69. The molecule has 3 rings (SSSR count). The Kier molecular flexibility index (Phi) is 2.69. The third-order valence-electron chi connectivity index (χ3n) is 2.65. The van der Waals surface area contributed by atoms with Crippen LogP contribution in [0.25, 0.3) is 0 Å². The number of halogens is 1. The van der Waals surface area contributed by atoms with Crippen LogP contribution in [-0.2, 0) is 0 Å². The second-order valence-corrected chi connectivity index (χ2v) is 4.74. The third kappa shape index (κ3) is 2.11. The predicted octanol–water partition coefficient (Wildman–Crippen LogP) is 3.96. The number of rotatable bonds is 1.